The maximum atomic E-state index is 6.13. The number of hydrogen-bond acceptors (Lipinski definition) is 1. The third-order valence-corrected chi connectivity index (χ3v) is 3.11. The highest BCUT2D eigenvalue weighted by Gasteiger charge is 2.17. The van der Waals surface area contributed by atoms with E-state index in [1.54, 1.807) is 0 Å². The molecule has 1 aromatic rings. The first-order valence-electron chi connectivity index (χ1n) is 5.22. The van der Waals surface area contributed by atoms with Gasteiger partial charge in [0.25, 0.3) is 0 Å². The Morgan fingerprint density at radius 1 is 1.21 bits per heavy atom. The van der Waals surface area contributed by atoms with Crippen LogP contribution in [0.5, 0.6) is 0 Å². The zero-order valence-corrected chi connectivity index (χ0v) is 8.88. The van der Waals surface area contributed by atoms with Crippen molar-refractivity contribution in [3.63, 3.8) is 0 Å². The van der Waals surface area contributed by atoms with Gasteiger partial charge in [0.05, 0.1) is 0 Å². The van der Waals surface area contributed by atoms with Gasteiger partial charge in [-0.05, 0) is 43.4 Å². The van der Waals surface area contributed by atoms with Crippen LogP contribution < -0.4 is 5.73 Å². The van der Waals surface area contributed by atoms with E-state index in [9.17, 15) is 0 Å². The molecule has 0 saturated heterocycles. The molecule has 2 rings (SSSR count). The number of aryl methyl sites for hydroxylation is 2. The van der Waals surface area contributed by atoms with Crippen molar-refractivity contribution in [2.75, 3.05) is 5.73 Å². The minimum atomic E-state index is 0.551. The van der Waals surface area contributed by atoms with E-state index >= 15 is 0 Å². The van der Waals surface area contributed by atoms with Gasteiger partial charge in [0, 0.05) is 11.6 Å². The molecule has 1 aromatic carbocycles. The fourth-order valence-electron chi connectivity index (χ4n) is 2.22. The van der Waals surface area contributed by atoms with E-state index in [-0.39, 0.29) is 0 Å². The molecule has 0 amide bonds. The predicted molar refractivity (Wildman–Crippen MR) is 61.4 cm³/mol. The maximum absolute atomic E-state index is 6.13. The van der Waals surface area contributed by atoms with E-state index in [1.807, 2.05) is 0 Å². The first-order chi connectivity index (χ1) is 6.70. The number of nitrogen functional groups attached to an aromatic ring is 1. The van der Waals surface area contributed by atoms with E-state index in [4.69, 9.17) is 5.73 Å². The monoisotopic (exact) mass is 187 g/mol. The normalized spacial score (nSPS) is 20.3. The van der Waals surface area contributed by atoms with Crippen molar-refractivity contribution in [3.8, 4) is 0 Å². The lowest BCUT2D eigenvalue weighted by Gasteiger charge is -2.16. The summed E-state index contributed by atoms with van der Waals surface area (Å²) in [4.78, 5) is 0. The molecule has 1 nitrogen and oxygen atoms in total. The molecule has 1 unspecified atom stereocenters. The summed E-state index contributed by atoms with van der Waals surface area (Å²) >= 11 is 0. The number of anilines is 1. The number of hydrogen-bond donors (Lipinski definition) is 1. The van der Waals surface area contributed by atoms with E-state index in [0.717, 1.165) is 5.69 Å². The van der Waals surface area contributed by atoms with Crippen LogP contribution in [0.1, 0.15) is 35.4 Å². The summed E-state index contributed by atoms with van der Waals surface area (Å²) in [6.07, 6.45) is 6.95. The summed E-state index contributed by atoms with van der Waals surface area (Å²) in [5, 5.41) is 0. The summed E-state index contributed by atoms with van der Waals surface area (Å²) < 4.78 is 0. The van der Waals surface area contributed by atoms with Crippen LogP contribution in [0.15, 0.2) is 24.3 Å². The first-order valence-corrected chi connectivity index (χ1v) is 5.22. The fraction of sp³-hybridized carbons (Fsp3) is 0.385. The summed E-state index contributed by atoms with van der Waals surface area (Å²) in [6, 6.07) is 4.28. The quantitative estimate of drug-likeness (QED) is 0.529. The number of allylic oxidation sites excluding steroid dienone is 2. The number of nitrogens with two attached hydrogens (primary N) is 1. The van der Waals surface area contributed by atoms with Crippen molar-refractivity contribution in [1.29, 1.82) is 0 Å². The SMILES string of the molecule is Cc1ccc(C)c(C2C=CCC2)c1N. The van der Waals surface area contributed by atoms with Crippen LogP contribution in [0, 0.1) is 13.8 Å². The van der Waals surface area contributed by atoms with Gasteiger partial charge in [0.2, 0.25) is 0 Å². The second kappa shape index (κ2) is 3.49. The number of benzene rings is 1. The van der Waals surface area contributed by atoms with Gasteiger partial charge in [-0.3, -0.25) is 0 Å². The van der Waals surface area contributed by atoms with E-state index in [1.165, 1.54) is 29.5 Å². The average molecular weight is 187 g/mol. The molecule has 0 aromatic heterocycles. The molecule has 1 aliphatic rings. The van der Waals surface area contributed by atoms with Gasteiger partial charge >= 0.3 is 0 Å². The molecule has 0 bridgehead atoms. The van der Waals surface area contributed by atoms with Crippen molar-refractivity contribution >= 4 is 5.69 Å². The lowest BCUT2D eigenvalue weighted by atomic mass is 9.91. The Labute approximate surface area is 85.6 Å². The molecular weight excluding hydrogens is 170 g/mol. The summed E-state index contributed by atoms with van der Waals surface area (Å²) in [7, 11) is 0. The highest BCUT2D eigenvalue weighted by atomic mass is 14.6. The van der Waals surface area contributed by atoms with E-state index in [2.05, 4.69) is 38.1 Å². The Hall–Kier alpha value is -1.24. The Morgan fingerprint density at radius 2 is 1.93 bits per heavy atom. The van der Waals surface area contributed by atoms with Crippen molar-refractivity contribution < 1.29 is 0 Å². The summed E-state index contributed by atoms with van der Waals surface area (Å²) in [6.45, 7) is 4.23. The first kappa shape index (κ1) is 9.32. The smallest absolute Gasteiger partial charge is 0.0385 e. The third kappa shape index (κ3) is 1.43. The Kier molecular flexibility index (Phi) is 2.32. The van der Waals surface area contributed by atoms with Gasteiger partial charge in [-0.1, -0.05) is 24.3 Å². The molecule has 1 heteroatoms. The van der Waals surface area contributed by atoms with Gasteiger partial charge in [-0.15, -0.1) is 0 Å². The Balaban J connectivity index is 2.50. The standard InChI is InChI=1S/C13H17N/c1-9-7-8-10(2)13(14)12(9)11-5-3-4-6-11/h3,5,7-8,11H,4,6,14H2,1-2H3. The minimum absolute atomic E-state index is 0.551. The van der Waals surface area contributed by atoms with Crippen molar-refractivity contribution in [2.24, 2.45) is 0 Å². The number of rotatable bonds is 1. The predicted octanol–water partition coefficient (Wildman–Crippen LogP) is 3.32. The summed E-state index contributed by atoms with van der Waals surface area (Å²) in [5.74, 6) is 0.551. The lowest BCUT2D eigenvalue weighted by molar-refractivity contribution is 0.796. The molecular formula is C13H17N. The maximum Gasteiger partial charge on any atom is 0.0385 e. The third-order valence-electron chi connectivity index (χ3n) is 3.11. The van der Waals surface area contributed by atoms with Crippen LogP contribution in [0.25, 0.3) is 0 Å². The molecule has 0 saturated carbocycles. The Morgan fingerprint density at radius 3 is 2.57 bits per heavy atom. The molecule has 0 aliphatic heterocycles. The molecule has 0 radical (unpaired) electrons. The molecule has 0 spiro atoms. The van der Waals surface area contributed by atoms with Crippen molar-refractivity contribution in [2.45, 2.75) is 32.6 Å². The lowest BCUT2D eigenvalue weighted by Crippen LogP contribution is -2.03. The van der Waals surface area contributed by atoms with Crippen LogP contribution >= 0.6 is 0 Å². The fourth-order valence-corrected chi connectivity index (χ4v) is 2.22. The zero-order valence-electron chi connectivity index (χ0n) is 8.88. The average Bonchev–Trinajstić information content (AvgIpc) is 2.65. The van der Waals surface area contributed by atoms with Gasteiger partial charge in [-0.25, -0.2) is 0 Å². The topological polar surface area (TPSA) is 26.0 Å². The van der Waals surface area contributed by atoms with Crippen molar-refractivity contribution in [1.82, 2.24) is 0 Å². The second-order valence-electron chi connectivity index (χ2n) is 4.14. The molecule has 1 aliphatic carbocycles. The van der Waals surface area contributed by atoms with Crippen LogP contribution in [-0.4, -0.2) is 0 Å². The molecule has 0 heterocycles. The van der Waals surface area contributed by atoms with Crippen LogP contribution in [0.2, 0.25) is 0 Å². The molecule has 74 valence electrons. The van der Waals surface area contributed by atoms with Crippen LogP contribution in [-0.2, 0) is 0 Å². The van der Waals surface area contributed by atoms with Crippen molar-refractivity contribution in [3.05, 3.63) is 41.0 Å². The van der Waals surface area contributed by atoms with Gasteiger partial charge in [0.1, 0.15) is 0 Å². The van der Waals surface area contributed by atoms with Gasteiger partial charge < -0.3 is 5.73 Å². The Bertz CT molecular complexity index is 377. The highest BCUT2D eigenvalue weighted by Crippen LogP contribution is 2.35. The summed E-state index contributed by atoms with van der Waals surface area (Å²) in [5.41, 5.74) is 11.0. The highest BCUT2D eigenvalue weighted by molar-refractivity contribution is 5.59. The molecule has 2 N–H and O–H groups in total. The minimum Gasteiger partial charge on any atom is -0.398 e. The van der Waals surface area contributed by atoms with Crippen LogP contribution in [0.4, 0.5) is 5.69 Å². The molecule has 0 fully saturated rings. The van der Waals surface area contributed by atoms with Gasteiger partial charge in [-0.2, -0.15) is 0 Å². The molecule has 1 atom stereocenters. The zero-order chi connectivity index (χ0) is 10.1. The van der Waals surface area contributed by atoms with Crippen LogP contribution in [0.3, 0.4) is 0 Å². The van der Waals surface area contributed by atoms with Gasteiger partial charge in [0.15, 0.2) is 0 Å². The van der Waals surface area contributed by atoms with E-state index < -0.39 is 0 Å². The largest absolute Gasteiger partial charge is 0.398 e. The second-order valence-corrected chi connectivity index (χ2v) is 4.14. The van der Waals surface area contributed by atoms with E-state index in [0.29, 0.717) is 5.92 Å². The molecule has 14 heavy (non-hydrogen) atoms.